The Labute approximate surface area is 156 Å². The van der Waals surface area contributed by atoms with Gasteiger partial charge in [0.1, 0.15) is 6.61 Å². The molecule has 0 radical (unpaired) electrons. The molecule has 0 atom stereocenters. The third-order valence-electron chi connectivity index (χ3n) is 5.30. The Bertz CT molecular complexity index is 564. The number of carbonyl (C=O) groups excluding carboxylic acids is 1. The molecule has 7 nitrogen and oxygen atoms in total. The summed E-state index contributed by atoms with van der Waals surface area (Å²) in [6.07, 6.45) is -0.183. The fourth-order valence-electron chi connectivity index (χ4n) is 3.41. The maximum absolute atomic E-state index is 12.3. The van der Waals surface area contributed by atoms with Gasteiger partial charge >= 0.3 is 6.09 Å². The molecule has 1 amide bonds. The van der Waals surface area contributed by atoms with Crippen LogP contribution >= 0.6 is 0 Å². The van der Waals surface area contributed by atoms with Crippen LogP contribution in [0, 0.1) is 0 Å². The number of amides is 1. The van der Waals surface area contributed by atoms with Crippen LogP contribution in [0.25, 0.3) is 0 Å². The van der Waals surface area contributed by atoms with Gasteiger partial charge in [-0.2, -0.15) is 0 Å². The minimum atomic E-state index is -0.183. The number of anilines is 1. The zero-order valence-electron chi connectivity index (χ0n) is 15.8. The van der Waals surface area contributed by atoms with Crippen molar-refractivity contribution in [3.63, 3.8) is 0 Å². The third kappa shape index (κ3) is 5.09. The van der Waals surface area contributed by atoms with E-state index < -0.39 is 0 Å². The molecule has 2 aliphatic rings. The number of hydrogen-bond donors (Lipinski definition) is 1. The highest BCUT2D eigenvalue weighted by atomic mass is 16.6. The van der Waals surface area contributed by atoms with E-state index in [1.807, 2.05) is 4.90 Å². The molecule has 26 heavy (non-hydrogen) atoms. The van der Waals surface area contributed by atoms with E-state index in [0.29, 0.717) is 26.2 Å². The molecule has 0 aliphatic carbocycles. The summed E-state index contributed by atoms with van der Waals surface area (Å²) in [5.41, 5.74) is 7.97. The lowest BCUT2D eigenvalue weighted by Gasteiger charge is -2.36. The molecule has 1 aromatic carbocycles. The van der Waals surface area contributed by atoms with Crippen LogP contribution in [-0.4, -0.2) is 93.4 Å². The first-order valence-corrected chi connectivity index (χ1v) is 9.52. The SMILES string of the molecule is CN1CCN(CCOC(=O)N2CCN(c3ccc(CN)cc3)CC2)CC1. The number of carbonyl (C=O) groups is 1. The van der Waals surface area contributed by atoms with E-state index in [0.717, 1.165) is 51.4 Å². The van der Waals surface area contributed by atoms with Crippen LogP contribution in [0.4, 0.5) is 10.5 Å². The van der Waals surface area contributed by atoms with E-state index in [1.165, 1.54) is 5.69 Å². The maximum Gasteiger partial charge on any atom is 0.409 e. The molecule has 3 rings (SSSR count). The highest BCUT2D eigenvalue weighted by Gasteiger charge is 2.22. The summed E-state index contributed by atoms with van der Waals surface area (Å²) in [6.45, 7) is 9.20. The fourth-order valence-corrected chi connectivity index (χ4v) is 3.41. The van der Waals surface area contributed by atoms with E-state index >= 15 is 0 Å². The third-order valence-corrected chi connectivity index (χ3v) is 5.30. The number of nitrogens with zero attached hydrogens (tertiary/aromatic N) is 4. The van der Waals surface area contributed by atoms with Gasteiger partial charge in [0.2, 0.25) is 0 Å². The number of nitrogens with two attached hydrogens (primary N) is 1. The second kappa shape index (κ2) is 9.21. The van der Waals surface area contributed by atoms with Crippen LogP contribution in [0.3, 0.4) is 0 Å². The maximum atomic E-state index is 12.3. The molecule has 0 bridgehead atoms. The van der Waals surface area contributed by atoms with E-state index in [2.05, 4.69) is 46.0 Å². The quantitative estimate of drug-likeness (QED) is 0.831. The number of likely N-dealkylation sites (N-methyl/N-ethyl adjacent to an activating group) is 1. The lowest BCUT2D eigenvalue weighted by Crippen LogP contribution is -2.49. The van der Waals surface area contributed by atoms with Gasteiger partial charge in [0.25, 0.3) is 0 Å². The monoisotopic (exact) mass is 361 g/mol. The zero-order chi connectivity index (χ0) is 18.4. The lowest BCUT2D eigenvalue weighted by molar-refractivity contribution is 0.0779. The summed E-state index contributed by atoms with van der Waals surface area (Å²) in [4.78, 5) is 21.1. The average Bonchev–Trinajstić information content (AvgIpc) is 2.69. The Morgan fingerprint density at radius 2 is 1.65 bits per heavy atom. The minimum Gasteiger partial charge on any atom is -0.448 e. The van der Waals surface area contributed by atoms with E-state index in [4.69, 9.17) is 10.5 Å². The minimum absolute atomic E-state index is 0.183. The lowest BCUT2D eigenvalue weighted by atomic mass is 10.2. The molecular formula is C19H31N5O2. The van der Waals surface area contributed by atoms with Crippen molar-refractivity contribution in [1.82, 2.24) is 14.7 Å². The van der Waals surface area contributed by atoms with Gasteiger partial charge in [-0.15, -0.1) is 0 Å². The van der Waals surface area contributed by atoms with Crippen molar-refractivity contribution in [1.29, 1.82) is 0 Å². The highest BCUT2D eigenvalue weighted by molar-refractivity contribution is 5.68. The van der Waals surface area contributed by atoms with Crippen molar-refractivity contribution in [2.45, 2.75) is 6.54 Å². The van der Waals surface area contributed by atoms with E-state index in [9.17, 15) is 4.79 Å². The highest BCUT2D eigenvalue weighted by Crippen LogP contribution is 2.17. The van der Waals surface area contributed by atoms with Crippen molar-refractivity contribution >= 4 is 11.8 Å². The van der Waals surface area contributed by atoms with Gasteiger partial charge in [0.05, 0.1) is 0 Å². The first-order chi connectivity index (χ1) is 12.7. The van der Waals surface area contributed by atoms with Gasteiger partial charge in [-0.1, -0.05) is 12.1 Å². The molecule has 0 aromatic heterocycles. The molecule has 2 aliphatic heterocycles. The molecule has 0 unspecified atom stereocenters. The van der Waals surface area contributed by atoms with Crippen molar-refractivity contribution in [2.75, 3.05) is 77.5 Å². The molecule has 144 valence electrons. The largest absolute Gasteiger partial charge is 0.448 e. The molecule has 7 heteroatoms. The van der Waals surface area contributed by atoms with Gasteiger partial charge in [-0.05, 0) is 24.7 Å². The van der Waals surface area contributed by atoms with Crippen LogP contribution in [0.5, 0.6) is 0 Å². The molecule has 2 fully saturated rings. The predicted molar refractivity (Wildman–Crippen MR) is 103 cm³/mol. The summed E-state index contributed by atoms with van der Waals surface area (Å²) in [5.74, 6) is 0. The summed E-state index contributed by atoms with van der Waals surface area (Å²) in [5, 5.41) is 0. The number of hydrogen-bond acceptors (Lipinski definition) is 6. The molecular weight excluding hydrogens is 330 g/mol. The Hall–Kier alpha value is -1.83. The first kappa shape index (κ1) is 18.9. The normalized spacial score (nSPS) is 19.6. The van der Waals surface area contributed by atoms with Gasteiger partial charge < -0.3 is 25.2 Å². The van der Waals surface area contributed by atoms with E-state index in [-0.39, 0.29) is 6.09 Å². The molecule has 0 spiro atoms. The van der Waals surface area contributed by atoms with Gasteiger partial charge in [0.15, 0.2) is 0 Å². The smallest absolute Gasteiger partial charge is 0.409 e. The van der Waals surface area contributed by atoms with Crippen molar-refractivity contribution in [3.05, 3.63) is 29.8 Å². The standard InChI is InChI=1S/C19H31N5O2/c1-21-6-8-22(9-7-21)14-15-26-19(25)24-12-10-23(11-13-24)18-4-2-17(16-20)3-5-18/h2-5H,6-16,20H2,1H3. The van der Waals surface area contributed by atoms with E-state index in [1.54, 1.807) is 0 Å². The van der Waals surface area contributed by atoms with Gasteiger partial charge in [0, 0.05) is 71.1 Å². The summed E-state index contributed by atoms with van der Waals surface area (Å²) < 4.78 is 5.48. The molecule has 1 aromatic rings. The number of ether oxygens (including phenoxy) is 1. The summed E-state index contributed by atoms with van der Waals surface area (Å²) in [7, 11) is 2.14. The second-order valence-electron chi connectivity index (χ2n) is 7.10. The van der Waals surface area contributed by atoms with Crippen LogP contribution in [-0.2, 0) is 11.3 Å². The Balaban J connectivity index is 1.36. The molecule has 2 N–H and O–H groups in total. The topological polar surface area (TPSA) is 65.3 Å². The van der Waals surface area contributed by atoms with Crippen LogP contribution < -0.4 is 10.6 Å². The molecule has 2 saturated heterocycles. The summed E-state index contributed by atoms with van der Waals surface area (Å²) in [6, 6.07) is 8.33. The first-order valence-electron chi connectivity index (χ1n) is 9.52. The zero-order valence-corrected chi connectivity index (χ0v) is 15.8. The van der Waals surface area contributed by atoms with Gasteiger partial charge in [-0.3, -0.25) is 4.90 Å². The molecule has 2 heterocycles. The average molecular weight is 361 g/mol. The second-order valence-corrected chi connectivity index (χ2v) is 7.10. The Morgan fingerprint density at radius 1 is 1.00 bits per heavy atom. The summed E-state index contributed by atoms with van der Waals surface area (Å²) >= 11 is 0. The Kier molecular flexibility index (Phi) is 6.71. The van der Waals surface area contributed by atoms with Gasteiger partial charge in [-0.25, -0.2) is 4.79 Å². The molecule has 0 saturated carbocycles. The van der Waals surface area contributed by atoms with Crippen LogP contribution in [0.1, 0.15) is 5.56 Å². The van der Waals surface area contributed by atoms with Crippen molar-refractivity contribution < 1.29 is 9.53 Å². The number of benzene rings is 1. The fraction of sp³-hybridized carbons (Fsp3) is 0.632. The number of piperazine rings is 2. The number of rotatable bonds is 5. The Morgan fingerprint density at radius 3 is 2.27 bits per heavy atom. The van der Waals surface area contributed by atoms with Crippen LogP contribution in [0.15, 0.2) is 24.3 Å². The van der Waals surface area contributed by atoms with Crippen molar-refractivity contribution in [3.8, 4) is 0 Å². The predicted octanol–water partition coefficient (Wildman–Crippen LogP) is 0.651. The van der Waals surface area contributed by atoms with Crippen LogP contribution in [0.2, 0.25) is 0 Å². The van der Waals surface area contributed by atoms with Crippen molar-refractivity contribution in [2.24, 2.45) is 5.73 Å².